The van der Waals surface area contributed by atoms with Gasteiger partial charge in [-0.25, -0.2) is 13.2 Å². The van der Waals surface area contributed by atoms with E-state index in [0.717, 1.165) is 15.5 Å². The molecule has 29 heavy (non-hydrogen) atoms. The molecule has 164 valence electrons. The molecule has 0 aromatic heterocycles. The SMILES string of the molecule is CS(=O)(=O)N1CCC[C@H]1C(=O)NNC(=O)[C@H]1CC[C@@H]2CN1C(=O)N2OS(=O)(=O)O. The van der Waals surface area contributed by atoms with E-state index in [1.54, 1.807) is 0 Å². The zero-order chi connectivity index (χ0) is 21.6. The first-order valence-corrected chi connectivity index (χ1v) is 11.9. The zero-order valence-corrected chi connectivity index (χ0v) is 17.0. The van der Waals surface area contributed by atoms with E-state index in [4.69, 9.17) is 4.55 Å². The standard InChI is InChI=1S/C13H21N5O9S2/c1-28(22,23)17-6-2-3-10(17)12(20)15-14-11(19)9-5-4-8-7-16(9)13(21)18(8)27-29(24,25)26/h8-10H,2-7H2,1H3,(H,14,19)(H,15,20)(H,24,25,26)/t8-,9-,10+/m1/s1. The van der Waals surface area contributed by atoms with Crippen LogP contribution in [0.5, 0.6) is 0 Å². The quantitative estimate of drug-likeness (QED) is 0.299. The number of carbonyl (C=O) groups excluding carboxylic acids is 3. The Morgan fingerprint density at radius 3 is 2.28 bits per heavy atom. The normalized spacial score (nSPS) is 27.9. The van der Waals surface area contributed by atoms with E-state index in [2.05, 4.69) is 15.1 Å². The first-order valence-electron chi connectivity index (χ1n) is 8.72. The van der Waals surface area contributed by atoms with Crippen molar-refractivity contribution in [2.24, 2.45) is 0 Å². The van der Waals surface area contributed by atoms with Gasteiger partial charge in [0, 0.05) is 13.1 Å². The lowest BCUT2D eigenvalue weighted by Crippen LogP contribution is -2.57. The summed E-state index contributed by atoms with van der Waals surface area (Å²) >= 11 is 0. The van der Waals surface area contributed by atoms with Gasteiger partial charge < -0.3 is 4.90 Å². The van der Waals surface area contributed by atoms with E-state index in [1.165, 1.54) is 0 Å². The predicted molar refractivity (Wildman–Crippen MR) is 94.2 cm³/mol. The van der Waals surface area contributed by atoms with Crippen LogP contribution in [0, 0.1) is 0 Å². The van der Waals surface area contributed by atoms with E-state index in [0.29, 0.717) is 17.9 Å². The van der Waals surface area contributed by atoms with Crippen molar-refractivity contribution in [1.82, 2.24) is 25.1 Å². The van der Waals surface area contributed by atoms with Gasteiger partial charge in [0.15, 0.2) is 0 Å². The number of carbonyl (C=O) groups is 3. The number of nitrogens with one attached hydrogen (secondary N) is 2. The third-order valence-electron chi connectivity index (χ3n) is 5.04. The lowest BCUT2D eigenvalue weighted by Gasteiger charge is -2.29. The number of sulfonamides is 1. The maximum atomic E-state index is 12.4. The highest BCUT2D eigenvalue weighted by Crippen LogP contribution is 2.30. The number of hydrazine groups is 1. The number of amides is 4. The molecule has 3 heterocycles. The Hall–Kier alpha value is -2.01. The fourth-order valence-corrected chi connectivity index (χ4v) is 5.31. The van der Waals surface area contributed by atoms with Crippen LogP contribution in [0.3, 0.4) is 0 Å². The first kappa shape index (κ1) is 21.7. The number of urea groups is 1. The van der Waals surface area contributed by atoms with Crippen LogP contribution in [0.2, 0.25) is 0 Å². The minimum absolute atomic E-state index is 0.00483. The summed E-state index contributed by atoms with van der Waals surface area (Å²) in [7, 11) is -8.47. The molecule has 0 aliphatic carbocycles. The molecule has 3 atom stereocenters. The fourth-order valence-electron chi connectivity index (χ4n) is 3.79. The molecule has 3 fully saturated rings. The summed E-state index contributed by atoms with van der Waals surface area (Å²) in [5, 5.41) is 0.504. The van der Waals surface area contributed by atoms with Crippen molar-refractivity contribution in [1.29, 1.82) is 0 Å². The average molecular weight is 455 g/mol. The van der Waals surface area contributed by atoms with E-state index in [-0.39, 0.29) is 25.9 Å². The summed E-state index contributed by atoms with van der Waals surface area (Å²) < 4.78 is 59.3. The van der Waals surface area contributed by atoms with Crippen LogP contribution in [0.15, 0.2) is 0 Å². The maximum absolute atomic E-state index is 12.4. The number of piperidine rings is 1. The lowest BCUT2D eigenvalue weighted by atomic mass is 10.0. The Balaban J connectivity index is 1.59. The second kappa shape index (κ2) is 7.67. The number of hydrogen-bond acceptors (Lipinski definition) is 8. The number of nitrogens with zero attached hydrogens (tertiary/aromatic N) is 3. The molecule has 4 amide bonds. The third-order valence-corrected chi connectivity index (χ3v) is 6.68. The van der Waals surface area contributed by atoms with Crippen molar-refractivity contribution in [3.63, 3.8) is 0 Å². The largest absolute Gasteiger partial charge is 0.418 e. The second-order valence-electron chi connectivity index (χ2n) is 7.02. The lowest BCUT2D eigenvalue weighted by molar-refractivity contribution is -0.133. The third kappa shape index (κ3) is 4.61. The highest BCUT2D eigenvalue weighted by molar-refractivity contribution is 7.88. The number of hydrogen-bond donors (Lipinski definition) is 3. The molecule has 3 rings (SSSR count). The Kier molecular flexibility index (Phi) is 5.74. The van der Waals surface area contributed by atoms with Gasteiger partial charge in [-0.05, 0) is 25.7 Å². The van der Waals surface area contributed by atoms with Crippen LogP contribution < -0.4 is 10.9 Å². The summed E-state index contributed by atoms with van der Waals surface area (Å²) in [6, 6.07) is -3.49. The van der Waals surface area contributed by atoms with Gasteiger partial charge in [0.1, 0.15) is 12.1 Å². The Morgan fingerprint density at radius 1 is 1.07 bits per heavy atom. The minimum Gasteiger partial charge on any atom is -0.309 e. The fraction of sp³-hybridized carbons (Fsp3) is 0.769. The van der Waals surface area contributed by atoms with Gasteiger partial charge in [0.2, 0.25) is 10.0 Å². The van der Waals surface area contributed by atoms with Crippen LogP contribution in [0.1, 0.15) is 25.7 Å². The van der Waals surface area contributed by atoms with Gasteiger partial charge in [0.05, 0.1) is 12.3 Å². The maximum Gasteiger partial charge on any atom is 0.418 e. The second-order valence-corrected chi connectivity index (χ2v) is 9.96. The molecular weight excluding hydrogens is 434 g/mol. The highest BCUT2D eigenvalue weighted by Gasteiger charge is 2.49. The van der Waals surface area contributed by atoms with E-state index in [1.807, 2.05) is 0 Å². The van der Waals surface area contributed by atoms with Crippen LogP contribution in [-0.2, 0) is 34.3 Å². The van der Waals surface area contributed by atoms with Crippen molar-refractivity contribution in [2.45, 2.75) is 43.8 Å². The Bertz CT molecular complexity index is 921. The van der Waals surface area contributed by atoms with Gasteiger partial charge in [-0.1, -0.05) is 0 Å². The molecule has 0 aromatic rings. The van der Waals surface area contributed by atoms with Gasteiger partial charge >= 0.3 is 16.4 Å². The minimum atomic E-state index is -4.90. The van der Waals surface area contributed by atoms with Crippen molar-refractivity contribution in [2.75, 3.05) is 19.3 Å². The van der Waals surface area contributed by atoms with Crippen LogP contribution in [0.4, 0.5) is 4.79 Å². The first-order chi connectivity index (χ1) is 13.4. The summed E-state index contributed by atoms with van der Waals surface area (Å²) in [4.78, 5) is 38.1. The molecule has 3 saturated heterocycles. The van der Waals surface area contributed by atoms with Crippen LogP contribution in [-0.4, -0.2) is 91.0 Å². The number of fused-ring (bicyclic) bond motifs is 2. The molecule has 14 nitrogen and oxygen atoms in total. The molecular formula is C13H21N5O9S2. The van der Waals surface area contributed by atoms with Gasteiger partial charge in [-0.3, -0.25) is 25.0 Å². The van der Waals surface area contributed by atoms with E-state index < -0.39 is 56.4 Å². The van der Waals surface area contributed by atoms with Crippen molar-refractivity contribution < 1.29 is 40.1 Å². The van der Waals surface area contributed by atoms with Gasteiger partial charge in [0.25, 0.3) is 11.8 Å². The van der Waals surface area contributed by atoms with Crippen molar-refractivity contribution in [3.05, 3.63) is 0 Å². The molecule has 16 heteroatoms. The monoisotopic (exact) mass is 455 g/mol. The smallest absolute Gasteiger partial charge is 0.309 e. The molecule has 0 unspecified atom stereocenters. The van der Waals surface area contributed by atoms with Crippen molar-refractivity contribution >= 4 is 38.3 Å². The summed E-state index contributed by atoms with van der Waals surface area (Å²) in [6.45, 7) is 0.214. The molecule has 0 aromatic carbocycles. The zero-order valence-electron chi connectivity index (χ0n) is 15.3. The molecule has 0 saturated carbocycles. The van der Waals surface area contributed by atoms with Crippen LogP contribution in [0.25, 0.3) is 0 Å². The summed E-state index contributed by atoms with van der Waals surface area (Å²) in [5.74, 6) is -1.41. The van der Waals surface area contributed by atoms with E-state index in [9.17, 15) is 31.2 Å². The molecule has 0 spiro atoms. The van der Waals surface area contributed by atoms with Crippen molar-refractivity contribution in [3.8, 4) is 0 Å². The molecule has 3 aliphatic heterocycles. The summed E-state index contributed by atoms with van der Waals surface area (Å²) in [6.07, 6.45) is 2.22. The Labute approximate surface area is 167 Å². The molecule has 3 aliphatic rings. The summed E-state index contributed by atoms with van der Waals surface area (Å²) in [5.41, 5.74) is 4.37. The average Bonchev–Trinajstić information content (AvgIpc) is 3.19. The van der Waals surface area contributed by atoms with E-state index >= 15 is 0 Å². The topological polar surface area (TPSA) is 183 Å². The van der Waals surface area contributed by atoms with Gasteiger partial charge in [-0.2, -0.15) is 17.8 Å². The van der Waals surface area contributed by atoms with Crippen LogP contribution >= 0.6 is 0 Å². The predicted octanol–water partition coefficient (Wildman–Crippen LogP) is -2.44. The number of hydroxylamine groups is 2. The molecule has 3 N–H and O–H groups in total. The number of rotatable bonds is 5. The van der Waals surface area contributed by atoms with Gasteiger partial charge in [-0.15, -0.1) is 4.28 Å². The Morgan fingerprint density at radius 2 is 1.69 bits per heavy atom. The highest BCUT2D eigenvalue weighted by atomic mass is 32.3. The molecule has 0 radical (unpaired) electrons. The molecule has 2 bridgehead atoms.